The Morgan fingerprint density at radius 3 is 2.21 bits per heavy atom. The van der Waals surface area contributed by atoms with Crippen LogP contribution >= 0.6 is 0 Å². The zero-order valence-corrected chi connectivity index (χ0v) is 37.6. The average Bonchev–Trinajstić information content (AvgIpc) is 3.77. The summed E-state index contributed by atoms with van der Waals surface area (Å²) >= 11 is 0. The summed E-state index contributed by atoms with van der Waals surface area (Å²) < 4.78 is 12.5. The van der Waals surface area contributed by atoms with Crippen molar-refractivity contribution in [2.45, 2.75) is 201 Å². The number of aliphatic carboxylic acids is 1. The van der Waals surface area contributed by atoms with Crippen LogP contribution in [-0.2, 0) is 27.1 Å². The van der Waals surface area contributed by atoms with Gasteiger partial charge in [-0.25, -0.2) is 0 Å². The van der Waals surface area contributed by atoms with Crippen LogP contribution in [0.4, 0.5) is 0 Å². The molecule has 8 rings (SSSR count). The fraction of sp³-hybridized carbons (Fsp3) is 0.865. The van der Waals surface area contributed by atoms with Gasteiger partial charge >= 0.3 is 5.97 Å². The molecular formula is C52H82O6. The molecule has 7 aliphatic rings. The van der Waals surface area contributed by atoms with E-state index in [1.54, 1.807) is 7.11 Å². The Balaban J connectivity index is 1.17. The molecule has 6 saturated carbocycles. The third kappa shape index (κ3) is 6.30. The number of aliphatic hydroxyl groups is 2. The highest BCUT2D eigenvalue weighted by Crippen LogP contribution is 2.84. The maximum absolute atomic E-state index is 13.1. The van der Waals surface area contributed by atoms with E-state index in [-0.39, 0.29) is 51.1 Å². The van der Waals surface area contributed by atoms with E-state index in [4.69, 9.17) is 9.47 Å². The van der Waals surface area contributed by atoms with Crippen LogP contribution in [0.1, 0.15) is 187 Å². The van der Waals surface area contributed by atoms with Gasteiger partial charge in [0.15, 0.2) is 5.79 Å². The maximum Gasteiger partial charge on any atom is 0.309 e. The third-order valence-corrected chi connectivity index (χ3v) is 20.8. The first-order valence-corrected chi connectivity index (χ1v) is 24.5. The molecule has 0 radical (unpaired) electrons. The Kier molecular flexibility index (Phi) is 11.7. The highest BCUT2D eigenvalue weighted by molar-refractivity contribution is 5.74. The monoisotopic (exact) mass is 803 g/mol. The maximum atomic E-state index is 13.1. The fourth-order valence-electron chi connectivity index (χ4n) is 17.6. The molecule has 6 nitrogen and oxygen atoms in total. The number of carbonyl (C=O) groups is 1. The number of fused-ring (bicyclic) bond motifs is 7. The molecule has 12 atom stereocenters. The number of methoxy groups -OCH3 is 1. The number of hydrogen-bond donors (Lipinski definition) is 3. The average molecular weight is 803 g/mol. The van der Waals surface area contributed by atoms with Crippen molar-refractivity contribution < 1.29 is 29.6 Å². The first kappa shape index (κ1) is 43.2. The Bertz CT molecular complexity index is 1620. The van der Waals surface area contributed by atoms with Crippen LogP contribution in [0.3, 0.4) is 0 Å². The molecule has 2 bridgehead atoms. The van der Waals surface area contributed by atoms with E-state index in [0.717, 1.165) is 83.0 Å². The predicted octanol–water partition coefficient (Wildman–Crippen LogP) is 11.7. The standard InChI is InChI=1S/C52H82O6/c1-7-13-41-51-24-21-40-47(4)28-27-45(2)25-26-46(3,44(54)55)35-42(45)49(47,23-12-8-9-14-37-15-10-11-16-37)30-29-48(40,5)50(51,36-53)31-32-52(41,56)58-43(51)34-39-19-17-38(18-20-39)22-33-57-6/h17-20,37,40-43,53,56H,7-16,21-36H2,1-6H3,(H,54,55)/t40-,41-,42-,43+,45-,46-,47-,48-,49+,50-,51-,52+/m1/s1. The van der Waals surface area contributed by atoms with Gasteiger partial charge < -0.3 is 24.8 Å². The van der Waals surface area contributed by atoms with Gasteiger partial charge in [0.05, 0.1) is 18.1 Å². The summed E-state index contributed by atoms with van der Waals surface area (Å²) in [6.45, 7) is 13.0. The topological polar surface area (TPSA) is 96.2 Å². The van der Waals surface area contributed by atoms with E-state index in [2.05, 4.69) is 58.9 Å². The minimum Gasteiger partial charge on any atom is -0.481 e. The number of rotatable bonds is 15. The number of aliphatic hydroxyl groups excluding tert-OH is 1. The molecule has 1 aliphatic heterocycles. The van der Waals surface area contributed by atoms with Crippen LogP contribution in [0.2, 0.25) is 0 Å². The quantitative estimate of drug-likeness (QED) is 0.153. The van der Waals surface area contributed by atoms with Crippen molar-refractivity contribution in [1.29, 1.82) is 0 Å². The fourth-order valence-corrected chi connectivity index (χ4v) is 17.6. The summed E-state index contributed by atoms with van der Waals surface area (Å²) in [5.41, 5.74) is 1.36. The molecule has 1 aromatic rings. The Morgan fingerprint density at radius 2 is 1.52 bits per heavy atom. The van der Waals surface area contributed by atoms with E-state index in [1.807, 2.05) is 0 Å². The van der Waals surface area contributed by atoms with Crippen LogP contribution in [0, 0.1) is 61.6 Å². The van der Waals surface area contributed by atoms with Gasteiger partial charge in [0.25, 0.3) is 0 Å². The molecule has 0 aromatic heterocycles. The predicted molar refractivity (Wildman–Crippen MR) is 231 cm³/mol. The molecule has 3 N–H and O–H groups in total. The zero-order chi connectivity index (χ0) is 41.2. The second-order valence-corrected chi connectivity index (χ2v) is 22.9. The number of hydrogen-bond acceptors (Lipinski definition) is 5. The van der Waals surface area contributed by atoms with Crippen molar-refractivity contribution in [2.75, 3.05) is 20.3 Å². The van der Waals surface area contributed by atoms with E-state index >= 15 is 0 Å². The summed E-state index contributed by atoms with van der Waals surface area (Å²) in [5.74, 6) is 0.0106. The van der Waals surface area contributed by atoms with E-state index in [1.165, 1.54) is 81.8 Å². The van der Waals surface area contributed by atoms with E-state index in [9.17, 15) is 20.1 Å². The van der Waals surface area contributed by atoms with Crippen LogP contribution in [0.5, 0.6) is 0 Å². The van der Waals surface area contributed by atoms with Crippen molar-refractivity contribution in [2.24, 2.45) is 61.6 Å². The van der Waals surface area contributed by atoms with Gasteiger partial charge in [0, 0.05) is 36.9 Å². The number of carboxylic acids is 1. The molecule has 1 spiro atoms. The minimum absolute atomic E-state index is 0.00160. The second kappa shape index (κ2) is 15.7. The lowest BCUT2D eigenvalue weighted by Crippen LogP contribution is -2.74. The highest BCUT2D eigenvalue weighted by atomic mass is 16.6. The molecule has 326 valence electrons. The van der Waals surface area contributed by atoms with Gasteiger partial charge in [0.2, 0.25) is 0 Å². The third-order valence-electron chi connectivity index (χ3n) is 20.8. The van der Waals surface area contributed by atoms with Gasteiger partial charge in [-0.15, -0.1) is 0 Å². The molecule has 1 saturated heterocycles. The largest absolute Gasteiger partial charge is 0.481 e. The number of unbranched alkanes of at least 4 members (excludes halogenated alkanes) is 2. The van der Waals surface area contributed by atoms with Gasteiger partial charge in [-0.05, 0) is 147 Å². The first-order chi connectivity index (χ1) is 27.6. The summed E-state index contributed by atoms with van der Waals surface area (Å²) in [5, 5.41) is 35.7. The summed E-state index contributed by atoms with van der Waals surface area (Å²) in [4.78, 5) is 13.1. The lowest BCUT2D eigenvalue weighted by molar-refractivity contribution is -0.314. The lowest BCUT2D eigenvalue weighted by Gasteiger charge is -2.78. The van der Waals surface area contributed by atoms with Gasteiger partial charge in [-0.3, -0.25) is 4.79 Å². The molecule has 1 heterocycles. The molecule has 1 aromatic carbocycles. The molecule has 0 unspecified atom stereocenters. The Morgan fingerprint density at radius 1 is 0.810 bits per heavy atom. The Hall–Kier alpha value is -1.47. The SMILES string of the molecule is CCC[C@@H]1[C@@]23CC[C@@H]4[C@@]5(C)CC[C@@]6(C)CC[C@@](C)(C(=O)O)C[C@H]6[C@]5(CCCCCC5CCCC5)CC[C@@]4(C)[C@]2(CO)CC[C@]1(O)O[C@H]3Cc1ccc(CCOC)cc1. The number of carboxylic acid groups (broad SMARTS) is 1. The van der Waals surface area contributed by atoms with Crippen molar-refractivity contribution in [3.63, 3.8) is 0 Å². The second-order valence-electron chi connectivity index (χ2n) is 22.9. The van der Waals surface area contributed by atoms with Gasteiger partial charge in [-0.2, -0.15) is 0 Å². The molecule has 0 amide bonds. The van der Waals surface area contributed by atoms with E-state index < -0.39 is 17.2 Å². The normalized spacial score (nSPS) is 45.9. The number of ether oxygens (including phenoxy) is 2. The zero-order valence-electron chi connectivity index (χ0n) is 37.6. The van der Waals surface area contributed by atoms with Crippen molar-refractivity contribution >= 4 is 5.97 Å². The smallest absolute Gasteiger partial charge is 0.309 e. The first-order valence-electron chi connectivity index (χ1n) is 24.5. The Labute approximate surface area is 352 Å². The van der Waals surface area contributed by atoms with Crippen LogP contribution in [0.15, 0.2) is 24.3 Å². The van der Waals surface area contributed by atoms with Crippen molar-refractivity contribution in [3.8, 4) is 0 Å². The van der Waals surface area contributed by atoms with Crippen LogP contribution < -0.4 is 0 Å². The number of benzene rings is 1. The minimum atomic E-state index is -1.15. The lowest BCUT2D eigenvalue weighted by atomic mass is 9.26. The molecule has 6 heteroatoms. The molecule has 7 fully saturated rings. The summed E-state index contributed by atoms with van der Waals surface area (Å²) in [6, 6.07) is 8.99. The summed E-state index contributed by atoms with van der Waals surface area (Å²) in [6.07, 6.45) is 26.3. The van der Waals surface area contributed by atoms with Crippen molar-refractivity contribution in [1.82, 2.24) is 0 Å². The summed E-state index contributed by atoms with van der Waals surface area (Å²) in [7, 11) is 1.75. The van der Waals surface area contributed by atoms with Crippen LogP contribution in [0.25, 0.3) is 0 Å². The van der Waals surface area contributed by atoms with Crippen molar-refractivity contribution in [3.05, 3.63) is 35.4 Å². The molecular weight excluding hydrogens is 721 g/mol. The van der Waals surface area contributed by atoms with E-state index in [0.29, 0.717) is 24.9 Å². The molecule has 58 heavy (non-hydrogen) atoms. The van der Waals surface area contributed by atoms with Gasteiger partial charge in [-0.1, -0.05) is 110 Å². The van der Waals surface area contributed by atoms with Crippen LogP contribution in [-0.4, -0.2) is 53.5 Å². The highest BCUT2D eigenvalue weighted by Gasteiger charge is 2.82. The van der Waals surface area contributed by atoms with Gasteiger partial charge in [0.1, 0.15) is 0 Å². The molecule has 6 aliphatic carbocycles.